The highest BCUT2D eigenvalue weighted by Gasteiger charge is 2.42. The molecule has 1 saturated heterocycles. The normalized spacial score (nSPS) is 18.7. The number of nitrogens with zero attached hydrogens (tertiary/aromatic N) is 2. The van der Waals surface area contributed by atoms with Crippen molar-refractivity contribution < 1.29 is 14.3 Å². The maximum Gasteiger partial charge on any atom is 0.335 e. The van der Waals surface area contributed by atoms with Gasteiger partial charge in [-0.3, -0.25) is 4.98 Å². The molecule has 30 heavy (non-hydrogen) atoms. The van der Waals surface area contributed by atoms with Crippen molar-refractivity contribution in [2.24, 2.45) is 0 Å². The fourth-order valence-electron chi connectivity index (χ4n) is 3.96. The van der Waals surface area contributed by atoms with Crippen LogP contribution >= 0.6 is 12.2 Å². The van der Waals surface area contributed by atoms with Gasteiger partial charge >= 0.3 is 5.97 Å². The van der Waals surface area contributed by atoms with Gasteiger partial charge in [-0.15, -0.1) is 0 Å². The van der Waals surface area contributed by atoms with Crippen LogP contribution in [-0.4, -0.2) is 32.1 Å². The van der Waals surface area contributed by atoms with Crippen LogP contribution in [0.1, 0.15) is 53.3 Å². The number of carboxylic acids is 1. The molecule has 154 valence electrons. The van der Waals surface area contributed by atoms with Gasteiger partial charge in [0, 0.05) is 17.8 Å². The number of aromatic carboxylic acids is 1. The van der Waals surface area contributed by atoms with Crippen LogP contribution < -0.4 is 5.32 Å². The van der Waals surface area contributed by atoms with Crippen molar-refractivity contribution in [1.82, 2.24) is 15.2 Å². The van der Waals surface area contributed by atoms with E-state index < -0.39 is 5.97 Å². The lowest BCUT2D eigenvalue weighted by molar-refractivity contribution is 0.0697. The average molecular weight is 422 g/mol. The van der Waals surface area contributed by atoms with Crippen LogP contribution in [0, 0.1) is 6.92 Å². The molecule has 7 heteroatoms. The third-order valence-electron chi connectivity index (χ3n) is 5.35. The predicted molar refractivity (Wildman–Crippen MR) is 118 cm³/mol. The SMILES string of the molecule is Cc1cc(C(=O)O)ccc1-c1ccc([C@H]2[C@@H](c3ccccn3)NC(=S)N2C(C)C)o1. The number of carbonyl (C=O) groups is 1. The highest BCUT2D eigenvalue weighted by atomic mass is 32.1. The molecule has 1 aliphatic heterocycles. The summed E-state index contributed by atoms with van der Waals surface area (Å²) in [7, 11) is 0. The van der Waals surface area contributed by atoms with Crippen LogP contribution in [-0.2, 0) is 0 Å². The first-order valence-corrected chi connectivity index (χ1v) is 10.2. The van der Waals surface area contributed by atoms with Crippen molar-refractivity contribution >= 4 is 23.3 Å². The number of nitrogens with one attached hydrogen (secondary N) is 1. The van der Waals surface area contributed by atoms with Crippen molar-refractivity contribution in [3.63, 3.8) is 0 Å². The molecular formula is C23H23N3O3S. The monoisotopic (exact) mass is 421 g/mol. The Bertz CT molecular complexity index is 1090. The Morgan fingerprint density at radius 1 is 1.23 bits per heavy atom. The largest absolute Gasteiger partial charge is 0.478 e. The summed E-state index contributed by atoms with van der Waals surface area (Å²) in [5.74, 6) is 0.533. The Labute approximate surface area is 180 Å². The van der Waals surface area contributed by atoms with Gasteiger partial charge in [0.1, 0.15) is 17.6 Å². The number of rotatable bonds is 5. The van der Waals surface area contributed by atoms with Crippen molar-refractivity contribution in [1.29, 1.82) is 0 Å². The lowest BCUT2D eigenvalue weighted by atomic mass is 10.0. The minimum atomic E-state index is -0.943. The maximum atomic E-state index is 11.2. The molecule has 2 N–H and O–H groups in total. The summed E-state index contributed by atoms with van der Waals surface area (Å²) in [6.45, 7) is 6.08. The highest BCUT2D eigenvalue weighted by Crippen LogP contribution is 2.41. The summed E-state index contributed by atoms with van der Waals surface area (Å²) in [6, 6.07) is 14.7. The Balaban J connectivity index is 1.74. The molecule has 1 fully saturated rings. The smallest absolute Gasteiger partial charge is 0.335 e. The molecule has 0 spiro atoms. The fourth-order valence-corrected chi connectivity index (χ4v) is 4.41. The molecule has 2 aromatic heterocycles. The van der Waals surface area contributed by atoms with Crippen LogP contribution in [0.5, 0.6) is 0 Å². The van der Waals surface area contributed by atoms with Gasteiger partial charge in [0.15, 0.2) is 5.11 Å². The molecule has 0 saturated carbocycles. The summed E-state index contributed by atoms with van der Waals surface area (Å²) < 4.78 is 6.30. The standard InChI is InChI=1S/C23H23N3O3S/c1-13(2)26-21(20(25-23(26)30)17-6-4-5-11-24-17)19-10-9-18(29-19)16-8-7-15(22(27)28)12-14(16)3/h4-13,20-21H,1-3H3,(H,25,30)(H,27,28)/t20-,21+/m1/s1. The van der Waals surface area contributed by atoms with E-state index in [4.69, 9.17) is 16.6 Å². The average Bonchev–Trinajstić information content (AvgIpc) is 3.32. The van der Waals surface area contributed by atoms with E-state index in [1.807, 2.05) is 37.3 Å². The molecule has 4 rings (SSSR count). The molecular weight excluding hydrogens is 398 g/mol. The van der Waals surface area contributed by atoms with Crippen LogP contribution in [0.25, 0.3) is 11.3 Å². The van der Waals surface area contributed by atoms with Gasteiger partial charge in [-0.05, 0) is 75.0 Å². The Morgan fingerprint density at radius 2 is 2.03 bits per heavy atom. The zero-order valence-electron chi connectivity index (χ0n) is 17.0. The summed E-state index contributed by atoms with van der Waals surface area (Å²) in [5.41, 5.74) is 2.87. The molecule has 0 unspecified atom stereocenters. The summed E-state index contributed by atoms with van der Waals surface area (Å²) in [4.78, 5) is 17.9. The lowest BCUT2D eigenvalue weighted by Crippen LogP contribution is -2.35. The van der Waals surface area contributed by atoms with E-state index >= 15 is 0 Å². The Morgan fingerprint density at radius 3 is 2.67 bits per heavy atom. The quantitative estimate of drug-likeness (QED) is 0.577. The number of thiocarbonyl (C=S) groups is 1. The van der Waals surface area contributed by atoms with Crippen molar-refractivity contribution in [2.75, 3.05) is 0 Å². The molecule has 0 radical (unpaired) electrons. The number of aromatic nitrogens is 1. The van der Waals surface area contributed by atoms with E-state index in [9.17, 15) is 9.90 Å². The second-order valence-electron chi connectivity index (χ2n) is 7.66. The summed E-state index contributed by atoms with van der Waals surface area (Å²) >= 11 is 5.62. The zero-order chi connectivity index (χ0) is 21.4. The van der Waals surface area contributed by atoms with Gasteiger partial charge in [-0.1, -0.05) is 12.1 Å². The van der Waals surface area contributed by atoms with Gasteiger partial charge < -0.3 is 19.7 Å². The summed E-state index contributed by atoms with van der Waals surface area (Å²) in [5, 5.41) is 13.3. The zero-order valence-corrected chi connectivity index (χ0v) is 17.8. The minimum absolute atomic E-state index is 0.129. The first-order chi connectivity index (χ1) is 14.4. The highest BCUT2D eigenvalue weighted by molar-refractivity contribution is 7.80. The molecule has 0 amide bonds. The number of benzene rings is 1. The van der Waals surface area contributed by atoms with Gasteiger partial charge in [0.05, 0.1) is 17.3 Å². The first-order valence-electron chi connectivity index (χ1n) is 9.80. The molecule has 0 aliphatic carbocycles. The number of pyridine rings is 1. The second kappa shape index (κ2) is 7.91. The number of hydrogen-bond acceptors (Lipinski definition) is 4. The lowest BCUT2D eigenvalue weighted by Gasteiger charge is -2.29. The molecule has 0 bridgehead atoms. The third-order valence-corrected chi connectivity index (χ3v) is 5.68. The molecule has 3 heterocycles. The predicted octanol–water partition coefficient (Wildman–Crippen LogP) is 4.73. The van der Waals surface area contributed by atoms with E-state index in [2.05, 4.69) is 29.0 Å². The number of furan rings is 1. The van der Waals surface area contributed by atoms with Crippen LogP contribution in [0.4, 0.5) is 0 Å². The van der Waals surface area contributed by atoms with E-state index in [-0.39, 0.29) is 23.7 Å². The molecule has 6 nitrogen and oxygen atoms in total. The van der Waals surface area contributed by atoms with Crippen LogP contribution in [0.15, 0.2) is 59.1 Å². The van der Waals surface area contributed by atoms with Crippen LogP contribution in [0.2, 0.25) is 0 Å². The Hall–Kier alpha value is -3.19. The van der Waals surface area contributed by atoms with Crippen molar-refractivity contribution in [3.8, 4) is 11.3 Å². The Kier molecular flexibility index (Phi) is 5.30. The van der Waals surface area contributed by atoms with E-state index in [0.29, 0.717) is 10.9 Å². The molecule has 1 aromatic carbocycles. The number of carboxylic acid groups (broad SMARTS) is 1. The topological polar surface area (TPSA) is 78.6 Å². The van der Waals surface area contributed by atoms with Crippen molar-refractivity contribution in [3.05, 3.63) is 77.3 Å². The third kappa shape index (κ3) is 3.57. The summed E-state index contributed by atoms with van der Waals surface area (Å²) in [6.07, 6.45) is 1.77. The second-order valence-corrected chi connectivity index (χ2v) is 8.05. The van der Waals surface area contributed by atoms with Crippen molar-refractivity contribution in [2.45, 2.75) is 38.9 Å². The van der Waals surface area contributed by atoms with Gasteiger partial charge in [0.2, 0.25) is 0 Å². The van der Waals surface area contributed by atoms with E-state index in [1.165, 1.54) is 0 Å². The van der Waals surface area contributed by atoms with Gasteiger partial charge in [-0.25, -0.2) is 4.79 Å². The van der Waals surface area contributed by atoms with Gasteiger partial charge in [-0.2, -0.15) is 0 Å². The number of aryl methyl sites for hydroxylation is 1. The number of hydrogen-bond donors (Lipinski definition) is 2. The van der Waals surface area contributed by atoms with Crippen LogP contribution in [0.3, 0.4) is 0 Å². The molecule has 3 aromatic rings. The molecule has 2 atom stereocenters. The first kappa shape index (κ1) is 20.1. The van der Waals surface area contributed by atoms with E-state index in [1.54, 1.807) is 24.4 Å². The van der Waals surface area contributed by atoms with E-state index in [0.717, 1.165) is 22.6 Å². The van der Waals surface area contributed by atoms with Gasteiger partial charge in [0.25, 0.3) is 0 Å². The maximum absolute atomic E-state index is 11.2. The minimum Gasteiger partial charge on any atom is -0.478 e. The fraction of sp³-hybridized carbons (Fsp3) is 0.261. The molecule has 1 aliphatic rings.